The number of imidazole rings is 1. The van der Waals surface area contributed by atoms with Gasteiger partial charge in [0, 0.05) is 24.5 Å². The molecular formula is C19H14FN5. The number of hydrogen-bond donors (Lipinski definition) is 2. The molecule has 4 aromatic rings. The zero-order valence-electron chi connectivity index (χ0n) is 13.3. The molecular weight excluding hydrogens is 317 g/mol. The summed E-state index contributed by atoms with van der Waals surface area (Å²) in [4.78, 5) is 11.9. The fourth-order valence-corrected chi connectivity index (χ4v) is 2.88. The summed E-state index contributed by atoms with van der Waals surface area (Å²) in [6.45, 7) is 0.588. The maximum atomic E-state index is 13.3. The van der Waals surface area contributed by atoms with Crippen LogP contribution in [0.5, 0.6) is 0 Å². The van der Waals surface area contributed by atoms with Gasteiger partial charge in [-0.3, -0.25) is 4.98 Å². The van der Waals surface area contributed by atoms with Crippen LogP contribution < -0.4 is 5.32 Å². The molecule has 122 valence electrons. The van der Waals surface area contributed by atoms with Gasteiger partial charge in [0.1, 0.15) is 17.7 Å². The summed E-state index contributed by atoms with van der Waals surface area (Å²) in [7, 11) is 0. The zero-order valence-corrected chi connectivity index (χ0v) is 13.3. The summed E-state index contributed by atoms with van der Waals surface area (Å²) < 4.78 is 13.3. The molecule has 0 aliphatic rings. The van der Waals surface area contributed by atoms with Gasteiger partial charge in [-0.2, -0.15) is 5.26 Å². The number of anilines is 1. The Morgan fingerprint density at radius 1 is 1.16 bits per heavy atom. The predicted octanol–water partition coefficient (Wildman–Crippen LogP) is 3.78. The number of nitriles is 1. The number of rotatable bonds is 4. The molecule has 2 aromatic carbocycles. The van der Waals surface area contributed by atoms with E-state index in [1.807, 2.05) is 24.3 Å². The topological polar surface area (TPSA) is 77.4 Å². The summed E-state index contributed by atoms with van der Waals surface area (Å²) in [6, 6.07) is 14.3. The minimum Gasteiger partial charge on any atom is -0.383 e. The molecule has 2 heterocycles. The van der Waals surface area contributed by atoms with Gasteiger partial charge < -0.3 is 10.3 Å². The minimum atomic E-state index is -0.289. The number of aromatic amines is 1. The molecule has 0 atom stereocenters. The van der Waals surface area contributed by atoms with E-state index in [2.05, 4.69) is 26.3 Å². The van der Waals surface area contributed by atoms with E-state index in [0.29, 0.717) is 24.0 Å². The second-order valence-corrected chi connectivity index (χ2v) is 5.70. The van der Waals surface area contributed by atoms with Gasteiger partial charge in [0.2, 0.25) is 0 Å². The summed E-state index contributed by atoms with van der Waals surface area (Å²) in [5.41, 5.74) is 3.54. The number of pyridine rings is 1. The first-order chi connectivity index (χ1) is 12.2. The lowest BCUT2D eigenvalue weighted by Gasteiger charge is -2.10. The molecule has 0 bridgehead atoms. The zero-order chi connectivity index (χ0) is 17.2. The SMILES string of the molecule is N#Cc1cnc2ccccc2c1NCCc1nc2ccc(F)cc2[nH]1. The molecule has 2 aromatic heterocycles. The number of para-hydroxylation sites is 1. The van der Waals surface area contributed by atoms with Crippen LogP contribution in [0.15, 0.2) is 48.7 Å². The molecule has 5 nitrogen and oxygen atoms in total. The van der Waals surface area contributed by atoms with Crippen molar-refractivity contribution in [3.8, 4) is 6.07 Å². The van der Waals surface area contributed by atoms with Crippen LogP contribution in [0.2, 0.25) is 0 Å². The highest BCUT2D eigenvalue weighted by Crippen LogP contribution is 2.25. The predicted molar refractivity (Wildman–Crippen MR) is 94.7 cm³/mol. The number of fused-ring (bicyclic) bond motifs is 2. The minimum absolute atomic E-state index is 0.289. The van der Waals surface area contributed by atoms with Crippen LogP contribution >= 0.6 is 0 Å². The molecule has 0 amide bonds. The van der Waals surface area contributed by atoms with E-state index in [4.69, 9.17) is 0 Å². The van der Waals surface area contributed by atoms with Crippen molar-refractivity contribution < 1.29 is 4.39 Å². The highest BCUT2D eigenvalue weighted by Gasteiger charge is 2.09. The Morgan fingerprint density at radius 2 is 2.04 bits per heavy atom. The largest absolute Gasteiger partial charge is 0.383 e. The van der Waals surface area contributed by atoms with E-state index in [0.717, 1.165) is 27.9 Å². The fraction of sp³-hybridized carbons (Fsp3) is 0.105. The van der Waals surface area contributed by atoms with Gasteiger partial charge in [0.05, 0.1) is 27.8 Å². The van der Waals surface area contributed by atoms with Crippen molar-refractivity contribution in [1.82, 2.24) is 15.0 Å². The monoisotopic (exact) mass is 331 g/mol. The lowest BCUT2D eigenvalue weighted by molar-refractivity contribution is 0.629. The normalized spacial score (nSPS) is 10.9. The molecule has 0 aliphatic heterocycles. The van der Waals surface area contributed by atoms with E-state index >= 15 is 0 Å². The number of hydrogen-bond acceptors (Lipinski definition) is 4. The summed E-state index contributed by atoms with van der Waals surface area (Å²) in [5, 5.41) is 13.6. The number of H-pyrrole nitrogens is 1. The number of halogens is 1. The van der Waals surface area contributed by atoms with Crippen LogP contribution in [-0.4, -0.2) is 21.5 Å². The third-order valence-corrected chi connectivity index (χ3v) is 4.05. The lowest BCUT2D eigenvalue weighted by atomic mass is 10.1. The molecule has 6 heteroatoms. The number of aromatic nitrogens is 3. The summed E-state index contributed by atoms with van der Waals surface area (Å²) in [5.74, 6) is 0.479. The molecule has 0 saturated heterocycles. The Balaban J connectivity index is 1.56. The molecule has 2 N–H and O–H groups in total. The number of benzene rings is 2. The smallest absolute Gasteiger partial charge is 0.125 e. The molecule has 0 saturated carbocycles. The first-order valence-electron chi connectivity index (χ1n) is 7.90. The quantitative estimate of drug-likeness (QED) is 0.596. The highest BCUT2D eigenvalue weighted by atomic mass is 19.1. The molecule has 0 unspecified atom stereocenters. The van der Waals surface area contributed by atoms with Gasteiger partial charge >= 0.3 is 0 Å². The number of nitrogens with one attached hydrogen (secondary N) is 2. The second-order valence-electron chi connectivity index (χ2n) is 5.70. The third kappa shape index (κ3) is 2.88. The van der Waals surface area contributed by atoms with E-state index in [1.54, 1.807) is 12.3 Å². The van der Waals surface area contributed by atoms with Crippen molar-refractivity contribution in [2.45, 2.75) is 6.42 Å². The van der Waals surface area contributed by atoms with Crippen LogP contribution in [0.3, 0.4) is 0 Å². The molecule has 0 aliphatic carbocycles. The van der Waals surface area contributed by atoms with Crippen molar-refractivity contribution in [2.75, 3.05) is 11.9 Å². The Labute approximate surface area is 143 Å². The van der Waals surface area contributed by atoms with Crippen molar-refractivity contribution in [3.05, 3.63) is 65.9 Å². The first-order valence-corrected chi connectivity index (χ1v) is 7.90. The van der Waals surface area contributed by atoms with Crippen molar-refractivity contribution in [1.29, 1.82) is 5.26 Å². The van der Waals surface area contributed by atoms with Gasteiger partial charge in [-0.1, -0.05) is 18.2 Å². The van der Waals surface area contributed by atoms with Crippen LogP contribution in [0.1, 0.15) is 11.4 Å². The molecule has 0 fully saturated rings. The van der Waals surface area contributed by atoms with Crippen LogP contribution in [0.25, 0.3) is 21.9 Å². The maximum absolute atomic E-state index is 13.3. The van der Waals surface area contributed by atoms with Crippen LogP contribution in [0, 0.1) is 17.1 Å². The molecule has 25 heavy (non-hydrogen) atoms. The third-order valence-electron chi connectivity index (χ3n) is 4.05. The van der Waals surface area contributed by atoms with Crippen molar-refractivity contribution in [2.24, 2.45) is 0 Å². The summed E-state index contributed by atoms with van der Waals surface area (Å²) >= 11 is 0. The first kappa shape index (κ1) is 15.1. The Kier molecular flexibility index (Phi) is 3.75. The second kappa shape index (κ2) is 6.21. The Morgan fingerprint density at radius 3 is 2.92 bits per heavy atom. The molecule has 0 radical (unpaired) electrons. The van der Waals surface area contributed by atoms with E-state index in [9.17, 15) is 9.65 Å². The van der Waals surface area contributed by atoms with Crippen molar-refractivity contribution >= 4 is 27.6 Å². The van der Waals surface area contributed by atoms with Gasteiger partial charge in [0.25, 0.3) is 0 Å². The molecule has 0 spiro atoms. The van der Waals surface area contributed by atoms with Crippen LogP contribution in [-0.2, 0) is 6.42 Å². The lowest BCUT2D eigenvalue weighted by Crippen LogP contribution is -2.08. The standard InChI is InChI=1S/C19H14FN5/c20-13-5-6-16-17(9-13)25-18(24-16)7-8-22-19-12(10-21)11-23-15-4-2-1-3-14(15)19/h1-6,9,11H,7-8H2,(H,22,23)(H,24,25). The van der Waals surface area contributed by atoms with Gasteiger partial charge in [-0.15, -0.1) is 0 Å². The average Bonchev–Trinajstić information content (AvgIpc) is 3.03. The van der Waals surface area contributed by atoms with E-state index in [-0.39, 0.29) is 5.82 Å². The maximum Gasteiger partial charge on any atom is 0.125 e. The Bertz CT molecular complexity index is 1110. The van der Waals surface area contributed by atoms with Crippen molar-refractivity contribution in [3.63, 3.8) is 0 Å². The van der Waals surface area contributed by atoms with Gasteiger partial charge in [-0.05, 0) is 24.3 Å². The van der Waals surface area contributed by atoms with Gasteiger partial charge in [-0.25, -0.2) is 9.37 Å². The highest BCUT2D eigenvalue weighted by molar-refractivity contribution is 5.93. The number of nitrogens with zero attached hydrogens (tertiary/aromatic N) is 3. The van der Waals surface area contributed by atoms with E-state index < -0.39 is 0 Å². The van der Waals surface area contributed by atoms with E-state index in [1.165, 1.54) is 12.1 Å². The molecule has 4 rings (SSSR count). The summed E-state index contributed by atoms with van der Waals surface area (Å²) in [6.07, 6.45) is 2.20. The van der Waals surface area contributed by atoms with Gasteiger partial charge in [0.15, 0.2) is 0 Å². The average molecular weight is 331 g/mol. The van der Waals surface area contributed by atoms with Crippen LogP contribution in [0.4, 0.5) is 10.1 Å². The fourth-order valence-electron chi connectivity index (χ4n) is 2.88. The Hall–Kier alpha value is -3.46.